The molecule has 0 radical (unpaired) electrons. The van der Waals surface area contributed by atoms with Crippen LogP contribution in [0.4, 0.5) is 0 Å². The maximum atomic E-state index is 4.33. The first-order valence-corrected chi connectivity index (χ1v) is 6.12. The molecule has 0 aromatic heterocycles. The largest absolute Gasteiger partial charge is 0.0955 e. The van der Waals surface area contributed by atoms with Crippen molar-refractivity contribution in [2.45, 2.75) is 53.4 Å². The Bertz CT molecular complexity index is 334. The fourth-order valence-electron chi connectivity index (χ4n) is 4.21. The zero-order valence-electron chi connectivity index (χ0n) is 10.7. The van der Waals surface area contributed by atoms with E-state index in [9.17, 15) is 0 Å². The van der Waals surface area contributed by atoms with Gasteiger partial charge in [-0.15, -0.1) is 0 Å². The van der Waals surface area contributed by atoms with Gasteiger partial charge in [-0.2, -0.15) is 0 Å². The van der Waals surface area contributed by atoms with Crippen molar-refractivity contribution in [2.75, 3.05) is 0 Å². The molecule has 2 rings (SSSR count). The van der Waals surface area contributed by atoms with E-state index in [1.807, 2.05) is 0 Å². The first-order valence-electron chi connectivity index (χ1n) is 6.12. The molecule has 0 saturated heterocycles. The zero-order valence-corrected chi connectivity index (χ0v) is 10.7. The lowest BCUT2D eigenvalue weighted by atomic mass is 9.48. The Morgan fingerprint density at radius 2 is 1.60 bits per heavy atom. The van der Waals surface area contributed by atoms with Gasteiger partial charge < -0.3 is 0 Å². The molecular weight excluding hydrogens is 180 g/mol. The molecule has 2 aliphatic carbocycles. The van der Waals surface area contributed by atoms with E-state index in [1.54, 1.807) is 0 Å². The first-order chi connectivity index (χ1) is 6.75. The molecule has 0 spiro atoms. The summed E-state index contributed by atoms with van der Waals surface area (Å²) in [5, 5.41) is 0. The van der Waals surface area contributed by atoms with Crippen molar-refractivity contribution in [1.29, 1.82) is 0 Å². The van der Waals surface area contributed by atoms with Crippen molar-refractivity contribution in [3.05, 3.63) is 24.3 Å². The summed E-state index contributed by atoms with van der Waals surface area (Å²) in [6.07, 6.45) is 5.18. The van der Waals surface area contributed by atoms with E-state index in [-0.39, 0.29) is 5.41 Å². The molecule has 0 nitrogen and oxygen atoms in total. The zero-order chi connectivity index (χ0) is 11.5. The maximum absolute atomic E-state index is 4.33. The van der Waals surface area contributed by atoms with E-state index in [4.69, 9.17) is 0 Å². The van der Waals surface area contributed by atoms with Gasteiger partial charge in [-0.1, -0.05) is 52.8 Å². The summed E-state index contributed by atoms with van der Waals surface area (Å²) < 4.78 is 0. The molecule has 0 heterocycles. The molecule has 2 atom stereocenters. The molecule has 0 bridgehead atoms. The van der Waals surface area contributed by atoms with Gasteiger partial charge in [0, 0.05) is 5.41 Å². The summed E-state index contributed by atoms with van der Waals surface area (Å²) in [7, 11) is 0. The van der Waals surface area contributed by atoms with Crippen LogP contribution in [0.2, 0.25) is 0 Å². The Labute approximate surface area is 94.5 Å². The minimum atomic E-state index is 0.259. The normalized spacial score (nSPS) is 44.3. The average Bonchev–Trinajstić information content (AvgIpc) is 2.28. The van der Waals surface area contributed by atoms with Gasteiger partial charge in [0.15, 0.2) is 0 Å². The smallest absolute Gasteiger partial charge is 0.00294 e. The quantitative estimate of drug-likeness (QED) is 0.535. The number of hydrogen-bond donors (Lipinski definition) is 0. The lowest BCUT2D eigenvalue weighted by Crippen LogP contribution is -2.48. The highest BCUT2D eigenvalue weighted by Crippen LogP contribution is 2.70. The Hall–Kier alpha value is -0.520. The second-order valence-corrected chi connectivity index (χ2v) is 6.68. The SMILES string of the molecule is C=C1CC2(C)CCCC(C)(C)C2(C)C1=C. The van der Waals surface area contributed by atoms with Crippen molar-refractivity contribution >= 4 is 0 Å². The third-order valence-electron chi connectivity index (χ3n) is 5.72. The molecule has 2 fully saturated rings. The topological polar surface area (TPSA) is 0 Å². The molecule has 2 saturated carbocycles. The van der Waals surface area contributed by atoms with Gasteiger partial charge in [0.05, 0.1) is 0 Å². The Kier molecular flexibility index (Phi) is 2.04. The lowest BCUT2D eigenvalue weighted by Gasteiger charge is -2.56. The highest BCUT2D eigenvalue weighted by atomic mass is 14.6. The van der Waals surface area contributed by atoms with Gasteiger partial charge in [-0.25, -0.2) is 0 Å². The van der Waals surface area contributed by atoms with E-state index in [0.29, 0.717) is 10.8 Å². The third-order valence-corrected chi connectivity index (χ3v) is 5.72. The lowest BCUT2D eigenvalue weighted by molar-refractivity contribution is -0.0396. The number of allylic oxidation sites excluding steroid dienone is 2. The van der Waals surface area contributed by atoms with Crippen LogP contribution in [0.3, 0.4) is 0 Å². The average molecular weight is 204 g/mol. The number of rotatable bonds is 0. The van der Waals surface area contributed by atoms with Crippen LogP contribution in [0.1, 0.15) is 53.4 Å². The molecule has 0 aromatic carbocycles. The fourth-order valence-corrected chi connectivity index (χ4v) is 4.21. The van der Waals surface area contributed by atoms with Gasteiger partial charge in [0.25, 0.3) is 0 Å². The monoisotopic (exact) mass is 204 g/mol. The minimum Gasteiger partial charge on any atom is -0.0955 e. The Balaban J connectivity index is 2.58. The predicted octanol–water partition coefficient (Wildman–Crippen LogP) is 4.73. The van der Waals surface area contributed by atoms with Crippen molar-refractivity contribution < 1.29 is 0 Å². The van der Waals surface area contributed by atoms with Crippen molar-refractivity contribution in [2.24, 2.45) is 16.2 Å². The second-order valence-electron chi connectivity index (χ2n) is 6.68. The van der Waals surface area contributed by atoms with Crippen LogP contribution < -0.4 is 0 Å². The maximum Gasteiger partial charge on any atom is 0.00294 e. The summed E-state index contributed by atoms with van der Waals surface area (Å²) in [4.78, 5) is 0. The van der Waals surface area contributed by atoms with Crippen LogP contribution in [-0.2, 0) is 0 Å². The van der Waals surface area contributed by atoms with Crippen molar-refractivity contribution in [3.8, 4) is 0 Å². The summed E-state index contributed by atoms with van der Waals surface area (Å²) in [5.74, 6) is 0. The van der Waals surface area contributed by atoms with Crippen LogP contribution in [0.5, 0.6) is 0 Å². The summed E-state index contributed by atoms with van der Waals surface area (Å²) in [6, 6.07) is 0. The molecule has 15 heavy (non-hydrogen) atoms. The fraction of sp³-hybridized carbons (Fsp3) is 0.733. The molecular formula is C15H24. The molecule has 0 amide bonds. The highest BCUT2D eigenvalue weighted by molar-refractivity contribution is 5.43. The van der Waals surface area contributed by atoms with Crippen LogP contribution in [0.25, 0.3) is 0 Å². The third kappa shape index (κ3) is 1.08. The van der Waals surface area contributed by atoms with E-state index in [1.165, 1.54) is 30.4 Å². The molecule has 0 heteroatoms. The Morgan fingerprint density at radius 1 is 1.00 bits per heavy atom. The van der Waals surface area contributed by atoms with Gasteiger partial charge in [0.2, 0.25) is 0 Å². The van der Waals surface area contributed by atoms with Gasteiger partial charge in [0.1, 0.15) is 0 Å². The van der Waals surface area contributed by atoms with Gasteiger partial charge in [-0.05, 0) is 35.7 Å². The van der Waals surface area contributed by atoms with Crippen molar-refractivity contribution in [1.82, 2.24) is 0 Å². The molecule has 0 N–H and O–H groups in total. The van der Waals surface area contributed by atoms with E-state index < -0.39 is 0 Å². The first kappa shape index (κ1) is 11.0. The molecule has 84 valence electrons. The molecule has 2 unspecified atom stereocenters. The number of fused-ring (bicyclic) bond motifs is 1. The van der Waals surface area contributed by atoms with Crippen LogP contribution in [0, 0.1) is 16.2 Å². The number of hydrogen-bond acceptors (Lipinski definition) is 0. The van der Waals surface area contributed by atoms with Crippen LogP contribution in [-0.4, -0.2) is 0 Å². The predicted molar refractivity (Wildman–Crippen MR) is 66.7 cm³/mol. The molecule has 0 aliphatic heterocycles. The van der Waals surface area contributed by atoms with Crippen LogP contribution >= 0.6 is 0 Å². The summed E-state index contributed by atoms with van der Waals surface area (Å²) in [5.41, 5.74) is 3.67. The van der Waals surface area contributed by atoms with E-state index in [0.717, 1.165) is 6.42 Å². The van der Waals surface area contributed by atoms with Gasteiger partial charge >= 0.3 is 0 Å². The minimum absolute atomic E-state index is 0.259. The molecule has 0 aromatic rings. The van der Waals surface area contributed by atoms with E-state index in [2.05, 4.69) is 40.9 Å². The second kappa shape index (κ2) is 2.78. The standard InChI is InChI=1S/C15H24/c1-11-10-14(5)9-7-8-13(3,4)15(14,6)12(11)2/h1-2,7-10H2,3-6H3. The van der Waals surface area contributed by atoms with E-state index >= 15 is 0 Å². The summed E-state index contributed by atoms with van der Waals surface area (Å²) >= 11 is 0. The van der Waals surface area contributed by atoms with Crippen LogP contribution in [0.15, 0.2) is 24.3 Å². The highest BCUT2D eigenvalue weighted by Gasteiger charge is 2.60. The Morgan fingerprint density at radius 3 is 2.13 bits per heavy atom. The van der Waals surface area contributed by atoms with Gasteiger partial charge in [-0.3, -0.25) is 0 Å². The van der Waals surface area contributed by atoms with Crippen molar-refractivity contribution in [3.63, 3.8) is 0 Å². The molecule has 2 aliphatic rings. The summed E-state index contributed by atoms with van der Waals surface area (Å²) in [6.45, 7) is 18.2.